The fourth-order valence-corrected chi connectivity index (χ4v) is 2.25. The van der Waals surface area contributed by atoms with Crippen LogP contribution in [0, 0.1) is 6.92 Å². The van der Waals surface area contributed by atoms with Crippen molar-refractivity contribution >= 4 is 11.6 Å². The lowest BCUT2D eigenvalue weighted by Crippen LogP contribution is -2.43. The summed E-state index contributed by atoms with van der Waals surface area (Å²) in [5.41, 5.74) is 7.33. The number of hydrogen-bond donors (Lipinski definition) is 2. The highest BCUT2D eigenvalue weighted by molar-refractivity contribution is 5.97. The summed E-state index contributed by atoms with van der Waals surface area (Å²) in [6.07, 6.45) is 2.10. The summed E-state index contributed by atoms with van der Waals surface area (Å²) in [6, 6.07) is 0. The van der Waals surface area contributed by atoms with E-state index in [1.807, 2.05) is 6.92 Å². The zero-order chi connectivity index (χ0) is 13.1. The van der Waals surface area contributed by atoms with Gasteiger partial charge in [-0.1, -0.05) is 0 Å². The number of anilines is 1. The quantitative estimate of drug-likeness (QED) is 0.838. The first-order chi connectivity index (χ1) is 8.63. The van der Waals surface area contributed by atoms with Crippen molar-refractivity contribution in [2.45, 2.75) is 32.8 Å². The van der Waals surface area contributed by atoms with Crippen LogP contribution in [0.3, 0.4) is 0 Å². The third kappa shape index (κ3) is 2.48. The van der Waals surface area contributed by atoms with E-state index in [0.717, 1.165) is 25.1 Å². The Labute approximate surface area is 106 Å². The van der Waals surface area contributed by atoms with Gasteiger partial charge in [-0.25, -0.2) is 0 Å². The van der Waals surface area contributed by atoms with Crippen molar-refractivity contribution in [2.75, 3.05) is 25.4 Å². The van der Waals surface area contributed by atoms with Gasteiger partial charge in [-0.15, -0.1) is 0 Å². The molecule has 1 aliphatic rings. The Morgan fingerprint density at radius 2 is 2.44 bits per heavy atom. The highest BCUT2D eigenvalue weighted by atomic mass is 16.5. The fraction of sp³-hybridized carbons (Fsp3) is 0.667. The smallest absolute Gasteiger partial charge is 0.276 e. The number of ether oxygens (including phenoxy) is 1. The maximum Gasteiger partial charge on any atom is 0.276 e. The molecular formula is C12H20N4O2. The van der Waals surface area contributed by atoms with Gasteiger partial charge in [0.2, 0.25) is 0 Å². The number of nitrogens with one attached hydrogen (secondary N) is 1. The predicted octanol–water partition coefficient (Wildman–Crippen LogP) is 0.941. The van der Waals surface area contributed by atoms with Gasteiger partial charge in [0.05, 0.1) is 17.5 Å². The molecule has 1 aliphatic heterocycles. The number of aryl methyl sites for hydroxylation is 1. The van der Waals surface area contributed by atoms with Crippen molar-refractivity contribution < 1.29 is 9.53 Å². The van der Waals surface area contributed by atoms with Crippen LogP contribution in [-0.4, -0.2) is 46.8 Å². The topological polar surface area (TPSA) is 84.2 Å². The minimum absolute atomic E-state index is 0.110. The Bertz CT molecular complexity index is 428. The number of carbonyl (C=O) groups is 1. The second-order valence-corrected chi connectivity index (χ2v) is 4.58. The molecule has 6 nitrogen and oxygen atoms in total. The van der Waals surface area contributed by atoms with Gasteiger partial charge in [-0.2, -0.15) is 5.10 Å². The molecule has 1 unspecified atom stereocenters. The largest absolute Gasteiger partial charge is 0.395 e. The monoisotopic (exact) mass is 252 g/mol. The van der Waals surface area contributed by atoms with Crippen LogP contribution in [0.1, 0.15) is 35.9 Å². The number of nitrogens with two attached hydrogens (primary N) is 1. The van der Waals surface area contributed by atoms with Crippen LogP contribution >= 0.6 is 0 Å². The average Bonchev–Trinajstić information content (AvgIpc) is 2.70. The Kier molecular flexibility index (Phi) is 3.86. The number of amides is 1. The number of piperidine rings is 1. The van der Waals surface area contributed by atoms with Gasteiger partial charge in [0.25, 0.3) is 5.91 Å². The molecule has 0 aromatic carbocycles. The molecule has 2 rings (SSSR count). The molecule has 0 bridgehead atoms. The maximum absolute atomic E-state index is 12.3. The lowest BCUT2D eigenvalue weighted by atomic mass is 10.1. The first kappa shape index (κ1) is 12.9. The number of hydrogen-bond acceptors (Lipinski definition) is 4. The molecule has 0 saturated carbocycles. The van der Waals surface area contributed by atoms with Gasteiger partial charge >= 0.3 is 0 Å². The van der Waals surface area contributed by atoms with Crippen LogP contribution in [0.4, 0.5) is 5.69 Å². The van der Waals surface area contributed by atoms with Crippen molar-refractivity contribution in [3.05, 3.63) is 11.4 Å². The number of rotatable bonds is 3. The Morgan fingerprint density at radius 1 is 1.67 bits per heavy atom. The molecule has 18 heavy (non-hydrogen) atoms. The normalized spacial score (nSPS) is 20.1. The number of aromatic nitrogens is 2. The van der Waals surface area contributed by atoms with Crippen LogP contribution in [0.25, 0.3) is 0 Å². The summed E-state index contributed by atoms with van der Waals surface area (Å²) in [5, 5.41) is 6.72. The number of nitrogens with zero attached hydrogens (tertiary/aromatic N) is 2. The lowest BCUT2D eigenvalue weighted by molar-refractivity contribution is 0.00707. The number of nitrogen functional groups attached to an aromatic ring is 1. The van der Waals surface area contributed by atoms with E-state index in [2.05, 4.69) is 10.2 Å². The van der Waals surface area contributed by atoms with Crippen molar-refractivity contribution in [3.8, 4) is 0 Å². The van der Waals surface area contributed by atoms with Crippen molar-refractivity contribution in [2.24, 2.45) is 0 Å². The SMILES string of the molecule is CCOC1CCCN(C(=O)c2n[nH]c(C)c2N)C1. The van der Waals surface area contributed by atoms with E-state index in [4.69, 9.17) is 10.5 Å². The molecule has 2 heterocycles. The number of H-pyrrole nitrogens is 1. The van der Waals surface area contributed by atoms with E-state index in [9.17, 15) is 4.79 Å². The molecule has 1 fully saturated rings. The summed E-state index contributed by atoms with van der Waals surface area (Å²) >= 11 is 0. The first-order valence-corrected chi connectivity index (χ1v) is 6.34. The fourth-order valence-electron chi connectivity index (χ4n) is 2.25. The van der Waals surface area contributed by atoms with E-state index in [1.165, 1.54) is 0 Å². The maximum atomic E-state index is 12.3. The lowest BCUT2D eigenvalue weighted by Gasteiger charge is -2.32. The molecule has 3 N–H and O–H groups in total. The van der Waals surface area contributed by atoms with Crippen LogP contribution < -0.4 is 5.73 Å². The first-order valence-electron chi connectivity index (χ1n) is 6.34. The van der Waals surface area contributed by atoms with Gasteiger partial charge in [-0.05, 0) is 26.7 Å². The molecule has 0 aliphatic carbocycles. The number of likely N-dealkylation sites (tertiary alicyclic amines) is 1. The third-order valence-corrected chi connectivity index (χ3v) is 3.26. The van der Waals surface area contributed by atoms with Crippen LogP contribution in [0.5, 0.6) is 0 Å². The molecule has 1 atom stereocenters. The molecule has 0 spiro atoms. The van der Waals surface area contributed by atoms with Gasteiger partial charge in [0.1, 0.15) is 0 Å². The highest BCUT2D eigenvalue weighted by Crippen LogP contribution is 2.19. The molecule has 1 amide bonds. The number of carbonyl (C=O) groups excluding carboxylic acids is 1. The van der Waals surface area contributed by atoms with E-state index < -0.39 is 0 Å². The predicted molar refractivity (Wildman–Crippen MR) is 68.3 cm³/mol. The molecule has 0 radical (unpaired) electrons. The highest BCUT2D eigenvalue weighted by Gasteiger charge is 2.27. The van der Waals surface area contributed by atoms with Crippen LogP contribution in [0.2, 0.25) is 0 Å². The van der Waals surface area contributed by atoms with Gasteiger partial charge < -0.3 is 15.4 Å². The second-order valence-electron chi connectivity index (χ2n) is 4.58. The molecule has 6 heteroatoms. The standard InChI is InChI=1S/C12H20N4O2/c1-3-18-9-5-4-6-16(7-9)12(17)11-10(13)8(2)14-15-11/h9H,3-7,13H2,1-2H3,(H,14,15). The van der Waals surface area contributed by atoms with Crippen molar-refractivity contribution in [1.82, 2.24) is 15.1 Å². The zero-order valence-corrected chi connectivity index (χ0v) is 10.9. The zero-order valence-electron chi connectivity index (χ0n) is 10.9. The van der Waals surface area contributed by atoms with Gasteiger partial charge in [-0.3, -0.25) is 9.89 Å². The molecular weight excluding hydrogens is 232 g/mol. The average molecular weight is 252 g/mol. The number of aromatic amines is 1. The van der Waals surface area contributed by atoms with E-state index in [1.54, 1.807) is 11.8 Å². The van der Waals surface area contributed by atoms with E-state index in [0.29, 0.717) is 24.5 Å². The Balaban J connectivity index is 2.07. The van der Waals surface area contributed by atoms with Gasteiger partial charge in [0, 0.05) is 19.7 Å². The van der Waals surface area contributed by atoms with Crippen LogP contribution in [0.15, 0.2) is 0 Å². The third-order valence-electron chi connectivity index (χ3n) is 3.26. The Hall–Kier alpha value is -1.56. The van der Waals surface area contributed by atoms with E-state index >= 15 is 0 Å². The molecule has 1 saturated heterocycles. The molecule has 1 aromatic heterocycles. The van der Waals surface area contributed by atoms with Gasteiger partial charge in [0.15, 0.2) is 5.69 Å². The minimum atomic E-state index is -0.110. The summed E-state index contributed by atoms with van der Waals surface area (Å²) in [5.74, 6) is -0.110. The Morgan fingerprint density at radius 3 is 3.06 bits per heavy atom. The van der Waals surface area contributed by atoms with Crippen molar-refractivity contribution in [1.29, 1.82) is 0 Å². The summed E-state index contributed by atoms with van der Waals surface area (Å²) in [4.78, 5) is 14.1. The van der Waals surface area contributed by atoms with E-state index in [-0.39, 0.29) is 12.0 Å². The molecule has 100 valence electrons. The summed E-state index contributed by atoms with van der Waals surface area (Å²) < 4.78 is 5.58. The molecule has 1 aromatic rings. The second kappa shape index (κ2) is 5.39. The van der Waals surface area contributed by atoms with Crippen molar-refractivity contribution in [3.63, 3.8) is 0 Å². The summed E-state index contributed by atoms with van der Waals surface area (Å²) in [7, 11) is 0. The minimum Gasteiger partial charge on any atom is -0.395 e. The van der Waals surface area contributed by atoms with Crippen LogP contribution in [-0.2, 0) is 4.74 Å². The summed E-state index contributed by atoms with van der Waals surface area (Å²) in [6.45, 7) is 5.82.